The molecule has 0 saturated carbocycles. The first-order valence-electron chi connectivity index (χ1n) is 11.7. The maximum Gasteiger partial charge on any atom is 0.279 e. The van der Waals surface area contributed by atoms with E-state index in [1.165, 1.54) is 38.9 Å². The summed E-state index contributed by atoms with van der Waals surface area (Å²) in [5, 5.41) is 0. The average molecular weight is 502 g/mol. The van der Waals surface area contributed by atoms with Crippen molar-refractivity contribution < 1.29 is 13.2 Å². The molecule has 0 bridgehead atoms. The monoisotopic (exact) mass is 501 g/mol. The van der Waals surface area contributed by atoms with Crippen LogP contribution in [0.3, 0.4) is 0 Å². The minimum absolute atomic E-state index is 0.196. The molecule has 0 spiro atoms. The summed E-state index contributed by atoms with van der Waals surface area (Å²) in [4.78, 5) is 18.2. The van der Waals surface area contributed by atoms with E-state index in [2.05, 4.69) is 31.0 Å². The highest BCUT2D eigenvalue weighted by Gasteiger charge is 2.26. The summed E-state index contributed by atoms with van der Waals surface area (Å²) in [7, 11) is -3.64. The van der Waals surface area contributed by atoms with Gasteiger partial charge in [-0.05, 0) is 80.1 Å². The van der Waals surface area contributed by atoms with Gasteiger partial charge in [-0.15, -0.1) is 0 Å². The van der Waals surface area contributed by atoms with Crippen LogP contribution in [0.5, 0.6) is 0 Å². The zero-order chi connectivity index (χ0) is 25.2. The summed E-state index contributed by atoms with van der Waals surface area (Å²) in [5.41, 5.74) is 3.84. The fraction of sp³-hybridized carbons (Fsp3) is 0.462. The number of benzene rings is 2. The molecule has 0 unspecified atom stereocenters. The van der Waals surface area contributed by atoms with Crippen molar-refractivity contribution in [3.05, 3.63) is 57.9 Å². The Bertz CT molecular complexity index is 1340. The van der Waals surface area contributed by atoms with Gasteiger partial charge in [-0.1, -0.05) is 39.0 Å². The van der Waals surface area contributed by atoms with E-state index in [1.807, 2.05) is 39.2 Å². The van der Waals surface area contributed by atoms with E-state index >= 15 is 0 Å². The van der Waals surface area contributed by atoms with E-state index in [1.54, 1.807) is 12.1 Å². The van der Waals surface area contributed by atoms with E-state index in [0.29, 0.717) is 30.0 Å². The lowest BCUT2D eigenvalue weighted by Gasteiger charge is -2.25. The van der Waals surface area contributed by atoms with Crippen molar-refractivity contribution in [1.82, 2.24) is 8.87 Å². The number of aryl methyl sites for hydroxylation is 3. The minimum atomic E-state index is -3.64. The Hall–Kier alpha value is -2.29. The molecule has 0 aliphatic rings. The van der Waals surface area contributed by atoms with E-state index in [-0.39, 0.29) is 22.6 Å². The standard InChI is InChI=1S/C26H35N3O3S2/c1-8-29-23-13-19(6)20(7)14-24(23)33-26(29)27-25(30)21-9-11-22(12-10-21)34(31,32)28(15-17(2)3)16-18(4)5/h9-14,17-18H,8,15-16H2,1-7H3. The van der Waals surface area contributed by atoms with E-state index < -0.39 is 10.0 Å². The van der Waals surface area contributed by atoms with E-state index in [4.69, 9.17) is 0 Å². The van der Waals surface area contributed by atoms with Crippen LogP contribution in [0.15, 0.2) is 46.3 Å². The van der Waals surface area contributed by atoms with Gasteiger partial charge in [-0.25, -0.2) is 8.42 Å². The lowest BCUT2D eigenvalue weighted by Crippen LogP contribution is -2.37. The highest BCUT2D eigenvalue weighted by Crippen LogP contribution is 2.23. The van der Waals surface area contributed by atoms with Gasteiger partial charge in [0.05, 0.1) is 15.1 Å². The molecule has 1 heterocycles. The van der Waals surface area contributed by atoms with Crippen molar-refractivity contribution in [3.8, 4) is 0 Å². The van der Waals surface area contributed by atoms with Crippen LogP contribution >= 0.6 is 11.3 Å². The highest BCUT2D eigenvalue weighted by atomic mass is 32.2. The van der Waals surface area contributed by atoms with Gasteiger partial charge >= 0.3 is 0 Å². The summed E-state index contributed by atoms with van der Waals surface area (Å²) in [6.07, 6.45) is 0. The Kier molecular flexibility index (Phi) is 8.16. The van der Waals surface area contributed by atoms with Crippen molar-refractivity contribution in [2.45, 2.75) is 59.9 Å². The smallest absolute Gasteiger partial charge is 0.279 e. The second-order valence-corrected chi connectivity index (χ2v) is 12.5. The number of hydrogen-bond donors (Lipinski definition) is 0. The van der Waals surface area contributed by atoms with Crippen molar-refractivity contribution in [2.24, 2.45) is 16.8 Å². The number of hydrogen-bond acceptors (Lipinski definition) is 4. The third-order valence-electron chi connectivity index (χ3n) is 5.69. The average Bonchev–Trinajstić information content (AvgIpc) is 3.08. The number of carbonyl (C=O) groups is 1. The van der Waals surface area contributed by atoms with E-state index in [9.17, 15) is 13.2 Å². The van der Waals surface area contributed by atoms with Crippen molar-refractivity contribution in [1.29, 1.82) is 0 Å². The fourth-order valence-electron chi connectivity index (χ4n) is 3.87. The third-order valence-corrected chi connectivity index (χ3v) is 8.58. The fourth-order valence-corrected chi connectivity index (χ4v) is 6.81. The Morgan fingerprint density at radius 2 is 1.56 bits per heavy atom. The molecule has 0 N–H and O–H groups in total. The molecule has 0 aliphatic carbocycles. The molecule has 3 aromatic rings. The molecule has 2 aromatic carbocycles. The topological polar surface area (TPSA) is 71.7 Å². The van der Waals surface area contributed by atoms with Gasteiger partial charge in [-0.3, -0.25) is 4.79 Å². The molecule has 1 aromatic heterocycles. The number of sulfonamides is 1. The van der Waals surface area contributed by atoms with Crippen molar-refractivity contribution >= 4 is 37.5 Å². The second kappa shape index (κ2) is 10.5. The lowest BCUT2D eigenvalue weighted by atomic mass is 10.1. The maximum atomic E-state index is 13.2. The molecular weight excluding hydrogens is 466 g/mol. The zero-order valence-electron chi connectivity index (χ0n) is 21.1. The minimum Gasteiger partial charge on any atom is -0.317 e. The predicted molar refractivity (Wildman–Crippen MR) is 140 cm³/mol. The Labute approximate surface area is 207 Å². The van der Waals surface area contributed by atoms with Gasteiger partial charge in [0.15, 0.2) is 4.80 Å². The second-order valence-electron chi connectivity index (χ2n) is 9.58. The highest BCUT2D eigenvalue weighted by molar-refractivity contribution is 7.89. The summed E-state index contributed by atoms with van der Waals surface area (Å²) in [5.74, 6) is 0.0482. The number of rotatable bonds is 8. The number of aromatic nitrogens is 1. The number of nitrogens with zero attached hydrogens (tertiary/aromatic N) is 3. The molecular formula is C26H35N3O3S2. The third kappa shape index (κ3) is 5.67. The van der Waals surface area contributed by atoms with Crippen LogP contribution in [0.25, 0.3) is 10.2 Å². The molecule has 184 valence electrons. The van der Waals surface area contributed by atoms with Gasteiger partial charge in [-0.2, -0.15) is 9.30 Å². The SMILES string of the molecule is CCn1c(=NC(=O)c2ccc(S(=O)(=O)N(CC(C)C)CC(C)C)cc2)sc2cc(C)c(C)cc21. The first-order chi connectivity index (χ1) is 15.9. The Morgan fingerprint density at radius 3 is 2.09 bits per heavy atom. The normalized spacial score (nSPS) is 13.1. The number of amides is 1. The molecule has 0 aliphatic heterocycles. The van der Waals surface area contributed by atoms with Crippen LogP contribution in [0, 0.1) is 25.7 Å². The Balaban J connectivity index is 1.94. The quantitative estimate of drug-likeness (QED) is 0.416. The van der Waals surface area contributed by atoms with Gasteiger partial charge in [0, 0.05) is 25.2 Å². The van der Waals surface area contributed by atoms with Crippen LogP contribution in [-0.4, -0.2) is 36.3 Å². The van der Waals surface area contributed by atoms with Gasteiger partial charge in [0.1, 0.15) is 0 Å². The Morgan fingerprint density at radius 1 is 1.00 bits per heavy atom. The number of thiazole rings is 1. The summed E-state index contributed by atoms with van der Waals surface area (Å²) >= 11 is 1.49. The molecule has 0 fully saturated rings. The number of carbonyl (C=O) groups excluding carboxylic acids is 1. The summed E-state index contributed by atoms with van der Waals surface area (Å²) in [6.45, 7) is 15.8. The molecule has 34 heavy (non-hydrogen) atoms. The maximum absolute atomic E-state index is 13.2. The summed E-state index contributed by atoms with van der Waals surface area (Å²) < 4.78 is 31.1. The van der Waals surface area contributed by atoms with Gasteiger partial charge in [0.25, 0.3) is 5.91 Å². The van der Waals surface area contributed by atoms with Crippen LogP contribution < -0.4 is 4.80 Å². The van der Waals surface area contributed by atoms with Crippen LogP contribution in [0.1, 0.15) is 56.1 Å². The molecule has 0 radical (unpaired) electrons. The van der Waals surface area contributed by atoms with Gasteiger partial charge < -0.3 is 4.57 Å². The van der Waals surface area contributed by atoms with Gasteiger partial charge in [0.2, 0.25) is 10.0 Å². The lowest BCUT2D eigenvalue weighted by molar-refractivity contribution is 0.0997. The van der Waals surface area contributed by atoms with Crippen molar-refractivity contribution in [3.63, 3.8) is 0 Å². The summed E-state index contributed by atoms with van der Waals surface area (Å²) in [6, 6.07) is 10.4. The molecule has 6 nitrogen and oxygen atoms in total. The van der Waals surface area contributed by atoms with Crippen molar-refractivity contribution in [2.75, 3.05) is 13.1 Å². The molecule has 8 heteroatoms. The number of fused-ring (bicyclic) bond motifs is 1. The molecule has 3 rings (SSSR count). The zero-order valence-corrected chi connectivity index (χ0v) is 22.8. The van der Waals surface area contributed by atoms with Crippen LogP contribution in [0.4, 0.5) is 0 Å². The van der Waals surface area contributed by atoms with E-state index in [0.717, 1.165) is 10.2 Å². The molecule has 0 atom stereocenters. The van der Waals surface area contributed by atoms with Crippen LogP contribution in [0.2, 0.25) is 0 Å². The molecule has 1 amide bonds. The predicted octanol–water partition coefficient (Wildman–Crippen LogP) is 5.38. The first kappa shape index (κ1) is 26.3. The largest absolute Gasteiger partial charge is 0.317 e. The first-order valence-corrected chi connectivity index (χ1v) is 14.0. The van der Waals surface area contributed by atoms with Crippen LogP contribution in [-0.2, 0) is 16.6 Å². The molecule has 0 saturated heterocycles.